The van der Waals surface area contributed by atoms with Gasteiger partial charge in [0, 0.05) is 29.5 Å². The molecule has 5 rings (SSSR count). The van der Waals surface area contributed by atoms with Crippen LogP contribution in [0.3, 0.4) is 0 Å². The van der Waals surface area contributed by atoms with Gasteiger partial charge in [-0.3, -0.25) is 9.59 Å². The lowest BCUT2D eigenvalue weighted by Crippen LogP contribution is -2.25. The summed E-state index contributed by atoms with van der Waals surface area (Å²) in [5.41, 5.74) is 2.97. The van der Waals surface area contributed by atoms with Gasteiger partial charge in [0.25, 0.3) is 0 Å². The van der Waals surface area contributed by atoms with Gasteiger partial charge >= 0.3 is 0 Å². The van der Waals surface area contributed by atoms with Crippen LogP contribution < -0.4 is 9.64 Å². The number of ketones is 1. The van der Waals surface area contributed by atoms with Crippen LogP contribution in [-0.4, -0.2) is 34.9 Å². The van der Waals surface area contributed by atoms with Gasteiger partial charge in [0.15, 0.2) is 5.78 Å². The van der Waals surface area contributed by atoms with Crippen molar-refractivity contribution in [1.82, 2.24) is 9.55 Å². The van der Waals surface area contributed by atoms with E-state index in [0.717, 1.165) is 16.9 Å². The van der Waals surface area contributed by atoms with Crippen LogP contribution in [0.2, 0.25) is 5.02 Å². The van der Waals surface area contributed by atoms with Crippen LogP contribution in [0.15, 0.2) is 72.8 Å². The molecule has 6 nitrogen and oxygen atoms in total. The third-order valence-corrected chi connectivity index (χ3v) is 6.24. The van der Waals surface area contributed by atoms with Gasteiger partial charge in [0.05, 0.1) is 30.4 Å². The number of aromatic nitrogens is 2. The van der Waals surface area contributed by atoms with Gasteiger partial charge in [0.2, 0.25) is 5.91 Å². The molecule has 33 heavy (non-hydrogen) atoms. The summed E-state index contributed by atoms with van der Waals surface area (Å²) in [6.45, 7) is 0.587. The van der Waals surface area contributed by atoms with Crippen molar-refractivity contribution in [1.29, 1.82) is 0 Å². The van der Waals surface area contributed by atoms with E-state index < -0.39 is 0 Å². The first-order valence-electron chi connectivity index (χ1n) is 10.7. The Bertz CT molecular complexity index is 1350. The number of imidazole rings is 1. The Morgan fingerprint density at radius 2 is 1.85 bits per heavy atom. The van der Waals surface area contributed by atoms with Crippen LogP contribution in [0.1, 0.15) is 28.5 Å². The zero-order valence-corrected chi connectivity index (χ0v) is 18.8. The normalized spacial score (nSPS) is 15.9. The van der Waals surface area contributed by atoms with Crippen molar-refractivity contribution in [2.24, 2.45) is 0 Å². The second-order valence-electron chi connectivity index (χ2n) is 8.06. The maximum Gasteiger partial charge on any atom is 0.227 e. The van der Waals surface area contributed by atoms with Crippen LogP contribution in [0, 0.1) is 0 Å². The fourth-order valence-corrected chi connectivity index (χ4v) is 4.58. The fourth-order valence-electron chi connectivity index (χ4n) is 4.42. The van der Waals surface area contributed by atoms with Crippen molar-refractivity contribution in [2.45, 2.75) is 18.9 Å². The van der Waals surface area contributed by atoms with Gasteiger partial charge in [-0.2, -0.15) is 0 Å². The van der Waals surface area contributed by atoms with Crippen molar-refractivity contribution in [3.05, 3.63) is 89.2 Å². The zero-order chi connectivity index (χ0) is 22.9. The molecule has 0 bridgehead atoms. The highest BCUT2D eigenvalue weighted by Crippen LogP contribution is 2.38. The van der Waals surface area contributed by atoms with Crippen molar-refractivity contribution < 1.29 is 14.3 Å². The third-order valence-electron chi connectivity index (χ3n) is 6.00. The molecule has 0 saturated carbocycles. The summed E-state index contributed by atoms with van der Waals surface area (Å²) in [7, 11) is 1.57. The molecular weight excluding hydrogens is 438 g/mol. The van der Waals surface area contributed by atoms with Crippen LogP contribution in [0.4, 0.5) is 5.69 Å². The number of para-hydroxylation sites is 2. The molecule has 2 heterocycles. The molecule has 1 atom stereocenters. The lowest BCUT2D eigenvalue weighted by Gasteiger charge is -2.20. The van der Waals surface area contributed by atoms with Gasteiger partial charge in [-0.15, -0.1) is 0 Å². The maximum absolute atomic E-state index is 13.0. The predicted molar refractivity (Wildman–Crippen MR) is 128 cm³/mol. The number of rotatable bonds is 6. The van der Waals surface area contributed by atoms with E-state index in [1.54, 1.807) is 30.2 Å². The Balaban J connectivity index is 1.52. The van der Waals surface area contributed by atoms with Crippen molar-refractivity contribution >= 4 is 40.0 Å². The number of anilines is 1. The van der Waals surface area contributed by atoms with Crippen LogP contribution in [0.25, 0.3) is 11.0 Å². The van der Waals surface area contributed by atoms with Crippen LogP contribution in [0.5, 0.6) is 5.75 Å². The van der Waals surface area contributed by atoms with Crippen LogP contribution >= 0.6 is 11.6 Å². The second kappa shape index (κ2) is 8.71. The summed E-state index contributed by atoms with van der Waals surface area (Å²) in [6.07, 6.45) is 0.290. The smallest absolute Gasteiger partial charge is 0.227 e. The molecule has 1 aromatic heterocycles. The maximum atomic E-state index is 13.0. The summed E-state index contributed by atoms with van der Waals surface area (Å²) < 4.78 is 7.40. The summed E-state index contributed by atoms with van der Waals surface area (Å²) in [5, 5.41) is 0.530. The number of fused-ring (bicyclic) bond motifs is 1. The van der Waals surface area contributed by atoms with E-state index in [9.17, 15) is 9.59 Å². The number of hydrogen-bond acceptors (Lipinski definition) is 4. The second-order valence-corrected chi connectivity index (χ2v) is 8.49. The highest BCUT2D eigenvalue weighted by molar-refractivity contribution is 6.31. The summed E-state index contributed by atoms with van der Waals surface area (Å²) >= 11 is 6.20. The van der Waals surface area contributed by atoms with Crippen LogP contribution in [-0.2, 0) is 11.3 Å². The molecule has 1 aliphatic rings. The number of carbonyl (C=O) groups is 2. The number of hydrogen-bond donors (Lipinski definition) is 0. The molecule has 1 fully saturated rings. The minimum atomic E-state index is -0.169. The fraction of sp³-hybridized carbons (Fsp3) is 0.192. The number of carbonyl (C=O) groups excluding carboxylic acids is 2. The first-order valence-corrected chi connectivity index (χ1v) is 11.1. The van der Waals surface area contributed by atoms with Gasteiger partial charge in [-0.05, 0) is 30.3 Å². The largest absolute Gasteiger partial charge is 0.495 e. The lowest BCUT2D eigenvalue weighted by molar-refractivity contribution is -0.117. The number of Topliss-reactive ketones (excluding diaryl/α,β-unsaturated/α-hetero) is 1. The standard InChI is InChI=1S/C26H22ClN3O3/c1-33-24-12-11-19(27)14-22(24)29-15-18(13-25(29)32)26-28-20-9-5-6-10-21(20)30(26)16-23(31)17-7-3-2-4-8-17/h2-12,14,18H,13,15-16H2,1H3/t18-/m1/s1. The number of benzene rings is 3. The lowest BCUT2D eigenvalue weighted by atomic mass is 10.1. The monoisotopic (exact) mass is 459 g/mol. The number of methoxy groups -OCH3 is 1. The molecule has 0 unspecified atom stereocenters. The first kappa shape index (κ1) is 21.2. The first-order chi connectivity index (χ1) is 16.0. The number of ether oxygens (including phenoxy) is 1. The van der Waals surface area contributed by atoms with E-state index in [0.29, 0.717) is 35.0 Å². The van der Waals surface area contributed by atoms with Gasteiger partial charge in [-0.25, -0.2) is 4.98 Å². The van der Waals surface area contributed by atoms with Crippen molar-refractivity contribution in [3.8, 4) is 5.75 Å². The molecular formula is C26H22ClN3O3. The Morgan fingerprint density at radius 1 is 1.09 bits per heavy atom. The van der Waals surface area contributed by atoms with E-state index in [4.69, 9.17) is 21.3 Å². The van der Waals surface area contributed by atoms with E-state index in [2.05, 4.69) is 0 Å². The highest BCUT2D eigenvalue weighted by Gasteiger charge is 2.36. The number of halogens is 1. The van der Waals surface area contributed by atoms with E-state index in [1.807, 2.05) is 59.2 Å². The molecule has 166 valence electrons. The minimum absolute atomic E-state index is 0.00214. The molecule has 1 saturated heterocycles. The van der Waals surface area contributed by atoms with Crippen molar-refractivity contribution in [3.63, 3.8) is 0 Å². The molecule has 1 aliphatic heterocycles. The topological polar surface area (TPSA) is 64.4 Å². The highest BCUT2D eigenvalue weighted by atomic mass is 35.5. The summed E-state index contributed by atoms with van der Waals surface area (Å²) in [4.78, 5) is 32.6. The summed E-state index contributed by atoms with van der Waals surface area (Å²) in [6, 6.07) is 22.2. The Hall–Kier alpha value is -3.64. The van der Waals surface area contributed by atoms with Crippen molar-refractivity contribution in [2.75, 3.05) is 18.6 Å². The Kier molecular flexibility index (Phi) is 5.60. The Morgan fingerprint density at radius 3 is 2.64 bits per heavy atom. The molecule has 0 N–H and O–H groups in total. The average Bonchev–Trinajstić information content (AvgIpc) is 3.40. The summed E-state index contributed by atoms with van der Waals surface area (Å²) in [5.74, 6) is 1.11. The van der Waals surface area contributed by atoms with E-state index in [1.165, 1.54) is 0 Å². The van der Waals surface area contributed by atoms with Gasteiger partial charge in [0.1, 0.15) is 11.6 Å². The van der Waals surface area contributed by atoms with E-state index >= 15 is 0 Å². The van der Waals surface area contributed by atoms with Gasteiger partial charge in [-0.1, -0.05) is 54.1 Å². The number of nitrogens with zero attached hydrogens (tertiary/aromatic N) is 3. The van der Waals surface area contributed by atoms with Gasteiger partial charge < -0.3 is 14.2 Å². The molecule has 3 aromatic carbocycles. The minimum Gasteiger partial charge on any atom is -0.495 e. The average molecular weight is 460 g/mol. The zero-order valence-electron chi connectivity index (χ0n) is 18.1. The quantitative estimate of drug-likeness (QED) is 0.376. The molecule has 7 heteroatoms. The predicted octanol–water partition coefficient (Wildman–Crippen LogP) is 5.10. The molecule has 4 aromatic rings. The molecule has 0 spiro atoms. The SMILES string of the molecule is COc1ccc(Cl)cc1N1C[C@H](c2nc3ccccc3n2CC(=O)c2ccccc2)CC1=O. The molecule has 0 aliphatic carbocycles. The van der Waals surface area contributed by atoms with E-state index in [-0.39, 0.29) is 24.2 Å². The number of amides is 1. The molecule has 0 radical (unpaired) electrons. The third kappa shape index (κ3) is 3.98. The Labute approximate surface area is 196 Å². The molecule has 1 amide bonds.